The Morgan fingerprint density at radius 3 is 2.56 bits per heavy atom. The fraction of sp³-hybridized carbons (Fsp3) is 0.167. The number of aromatic nitrogens is 3. The van der Waals surface area contributed by atoms with Gasteiger partial charge in [-0.2, -0.15) is 5.10 Å². The lowest BCUT2D eigenvalue weighted by atomic mass is 10.1. The van der Waals surface area contributed by atoms with Crippen LogP contribution in [0.1, 0.15) is 27.3 Å². The Hall–Kier alpha value is -3.09. The summed E-state index contributed by atoms with van der Waals surface area (Å²) in [4.78, 5) is 16.7. The van der Waals surface area contributed by atoms with Crippen LogP contribution >= 0.6 is 0 Å². The van der Waals surface area contributed by atoms with Crippen molar-refractivity contribution in [3.8, 4) is 5.69 Å². The van der Waals surface area contributed by atoms with Crippen molar-refractivity contribution < 1.29 is 13.6 Å². The Kier molecular flexibility index (Phi) is 4.31. The van der Waals surface area contributed by atoms with E-state index in [1.165, 1.54) is 10.7 Å². The topological polar surface area (TPSA) is 59.8 Å². The number of halogens is 2. The fourth-order valence-electron chi connectivity index (χ4n) is 2.64. The minimum Gasteiger partial charge on any atom is -0.306 e. The van der Waals surface area contributed by atoms with E-state index in [0.29, 0.717) is 22.8 Å². The molecule has 128 valence electrons. The number of amides is 1. The standard InChI is InChI=1S/C18H16F2N4O/c1-10-6-7-21-16(8-10)22-18(25)17-11(2)23-24(12(17)3)15-5-4-13(19)9-14(15)20/h4-9H,1-3H3,(H,21,22,25). The fourth-order valence-corrected chi connectivity index (χ4v) is 2.64. The van der Waals surface area contributed by atoms with Crippen LogP contribution in [0.4, 0.5) is 14.6 Å². The monoisotopic (exact) mass is 342 g/mol. The number of nitrogens with one attached hydrogen (secondary N) is 1. The van der Waals surface area contributed by atoms with Crippen LogP contribution in [0.2, 0.25) is 0 Å². The first-order valence-electron chi connectivity index (χ1n) is 7.62. The molecule has 2 heterocycles. The normalized spacial score (nSPS) is 10.8. The number of hydrogen-bond acceptors (Lipinski definition) is 3. The summed E-state index contributed by atoms with van der Waals surface area (Å²) in [6, 6.07) is 6.77. The van der Waals surface area contributed by atoms with E-state index in [4.69, 9.17) is 0 Å². The van der Waals surface area contributed by atoms with E-state index < -0.39 is 11.6 Å². The third kappa shape index (κ3) is 3.26. The predicted octanol–water partition coefficient (Wildman–Crippen LogP) is 3.72. The number of carbonyl (C=O) groups is 1. The summed E-state index contributed by atoms with van der Waals surface area (Å²) in [5.74, 6) is -1.39. The highest BCUT2D eigenvalue weighted by Gasteiger charge is 2.21. The van der Waals surface area contributed by atoms with Crippen LogP contribution in [0, 0.1) is 32.4 Å². The molecule has 0 saturated heterocycles. The number of hydrogen-bond donors (Lipinski definition) is 1. The van der Waals surface area contributed by atoms with Crippen molar-refractivity contribution in [2.45, 2.75) is 20.8 Å². The summed E-state index contributed by atoms with van der Waals surface area (Å²) >= 11 is 0. The highest BCUT2D eigenvalue weighted by atomic mass is 19.1. The summed E-state index contributed by atoms with van der Waals surface area (Å²) in [5, 5.41) is 6.94. The van der Waals surface area contributed by atoms with Gasteiger partial charge >= 0.3 is 0 Å². The molecular formula is C18H16F2N4O. The summed E-state index contributed by atoms with van der Waals surface area (Å²) in [6.07, 6.45) is 1.60. The Morgan fingerprint density at radius 2 is 1.88 bits per heavy atom. The zero-order chi connectivity index (χ0) is 18.1. The number of carbonyl (C=O) groups excluding carboxylic acids is 1. The molecule has 1 amide bonds. The van der Waals surface area contributed by atoms with Gasteiger partial charge in [0.25, 0.3) is 5.91 Å². The average Bonchev–Trinajstić information content (AvgIpc) is 2.82. The van der Waals surface area contributed by atoms with Crippen LogP contribution in [-0.2, 0) is 0 Å². The van der Waals surface area contributed by atoms with Gasteiger partial charge in [-0.05, 0) is 50.6 Å². The molecule has 0 unspecified atom stereocenters. The molecule has 0 aliphatic heterocycles. The third-order valence-electron chi connectivity index (χ3n) is 3.81. The van der Waals surface area contributed by atoms with Crippen LogP contribution in [0.15, 0.2) is 36.5 Å². The zero-order valence-electron chi connectivity index (χ0n) is 14.0. The van der Waals surface area contributed by atoms with Crippen LogP contribution in [0.25, 0.3) is 5.69 Å². The summed E-state index contributed by atoms with van der Waals surface area (Å²) in [5.41, 5.74) is 2.25. The Morgan fingerprint density at radius 1 is 1.12 bits per heavy atom. The van der Waals surface area contributed by atoms with E-state index in [1.54, 1.807) is 26.1 Å². The lowest BCUT2D eigenvalue weighted by molar-refractivity contribution is 0.102. The number of pyridine rings is 1. The van der Waals surface area contributed by atoms with E-state index in [9.17, 15) is 13.6 Å². The number of aryl methyl sites for hydroxylation is 2. The number of rotatable bonds is 3. The first-order valence-corrected chi connectivity index (χ1v) is 7.62. The largest absolute Gasteiger partial charge is 0.306 e. The van der Waals surface area contributed by atoms with Crippen molar-refractivity contribution in [1.82, 2.24) is 14.8 Å². The van der Waals surface area contributed by atoms with Gasteiger partial charge in [-0.15, -0.1) is 0 Å². The van der Waals surface area contributed by atoms with Crippen LogP contribution in [0.5, 0.6) is 0 Å². The second-order valence-electron chi connectivity index (χ2n) is 5.73. The van der Waals surface area contributed by atoms with Crippen molar-refractivity contribution in [1.29, 1.82) is 0 Å². The molecule has 0 fully saturated rings. The smallest absolute Gasteiger partial charge is 0.260 e. The molecule has 2 aromatic heterocycles. The second kappa shape index (κ2) is 6.43. The van der Waals surface area contributed by atoms with Crippen LogP contribution in [0.3, 0.4) is 0 Å². The van der Waals surface area contributed by atoms with Gasteiger partial charge in [0.15, 0.2) is 5.82 Å². The number of nitrogens with zero attached hydrogens (tertiary/aromatic N) is 3. The first kappa shape index (κ1) is 16.8. The molecule has 25 heavy (non-hydrogen) atoms. The molecule has 0 saturated carbocycles. The van der Waals surface area contributed by atoms with E-state index in [0.717, 1.165) is 17.7 Å². The molecule has 3 rings (SSSR count). The summed E-state index contributed by atoms with van der Waals surface area (Å²) in [6.45, 7) is 5.20. The molecule has 5 nitrogen and oxygen atoms in total. The number of benzene rings is 1. The van der Waals surface area contributed by atoms with Gasteiger partial charge in [0.05, 0.1) is 17.0 Å². The minimum absolute atomic E-state index is 0.0785. The third-order valence-corrected chi connectivity index (χ3v) is 3.81. The maximum atomic E-state index is 14.0. The molecular weight excluding hydrogens is 326 g/mol. The average molecular weight is 342 g/mol. The lowest BCUT2D eigenvalue weighted by Crippen LogP contribution is -2.15. The molecule has 0 atom stereocenters. The second-order valence-corrected chi connectivity index (χ2v) is 5.73. The quantitative estimate of drug-likeness (QED) is 0.789. The van der Waals surface area contributed by atoms with Gasteiger partial charge in [-0.3, -0.25) is 4.79 Å². The van der Waals surface area contributed by atoms with Gasteiger partial charge in [0, 0.05) is 12.3 Å². The maximum absolute atomic E-state index is 14.0. The molecule has 0 radical (unpaired) electrons. The van der Waals surface area contributed by atoms with E-state index in [-0.39, 0.29) is 11.6 Å². The van der Waals surface area contributed by atoms with Crippen molar-refractivity contribution in [3.05, 3.63) is 70.7 Å². The molecule has 0 aliphatic rings. The lowest BCUT2D eigenvalue weighted by Gasteiger charge is -2.07. The van der Waals surface area contributed by atoms with Gasteiger partial charge in [-0.1, -0.05) is 0 Å². The molecule has 1 N–H and O–H groups in total. The van der Waals surface area contributed by atoms with Gasteiger partial charge in [0.1, 0.15) is 17.3 Å². The van der Waals surface area contributed by atoms with Crippen LogP contribution < -0.4 is 5.32 Å². The molecule has 0 aliphatic carbocycles. The van der Waals surface area contributed by atoms with Crippen molar-refractivity contribution in [3.63, 3.8) is 0 Å². The first-order chi connectivity index (χ1) is 11.9. The molecule has 0 spiro atoms. The van der Waals surface area contributed by atoms with Gasteiger partial charge < -0.3 is 5.32 Å². The predicted molar refractivity (Wildman–Crippen MR) is 89.9 cm³/mol. The summed E-state index contributed by atoms with van der Waals surface area (Å²) < 4.78 is 28.4. The molecule has 0 bridgehead atoms. The van der Waals surface area contributed by atoms with Crippen molar-refractivity contribution >= 4 is 11.7 Å². The summed E-state index contributed by atoms with van der Waals surface area (Å²) in [7, 11) is 0. The van der Waals surface area contributed by atoms with Crippen molar-refractivity contribution in [2.24, 2.45) is 0 Å². The Balaban J connectivity index is 1.98. The molecule has 1 aromatic carbocycles. The highest BCUT2D eigenvalue weighted by molar-refractivity contribution is 6.05. The van der Waals surface area contributed by atoms with E-state index in [1.807, 2.05) is 13.0 Å². The maximum Gasteiger partial charge on any atom is 0.260 e. The Bertz CT molecular complexity index is 966. The highest BCUT2D eigenvalue weighted by Crippen LogP contribution is 2.21. The van der Waals surface area contributed by atoms with Gasteiger partial charge in [0.2, 0.25) is 0 Å². The SMILES string of the molecule is Cc1ccnc(NC(=O)c2c(C)nn(-c3ccc(F)cc3F)c2C)c1. The van der Waals surface area contributed by atoms with E-state index >= 15 is 0 Å². The molecule has 3 aromatic rings. The minimum atomic E-state index is -0.752. The van der Waals surface area contributed by atoms with E-state index in [2.05, 4.69) is 15.4 Å². The van der Waals surface area contributed by atoms with Crippen molar-refractivity contribution in [2.75, 3.05) is 5.32 Å². The van der Waals surface area contributed by atoms with Gasteiger partial charge in [-0.25, -0.2) is 18.4 Å². The molecule has 7 heteroatoms. The zero-order valence-corrected chi connectivity index (χ0v) is 14.0. The Labute approximate surface area is 143 Å². The van der Waals surface area contributed by atoms with Crippen LogP contribution in [-0.4, -0.2) is 20.7 Å². The number of anilines is 1.